The lowest BCUT2D eigenvalue weighted by atomic mass is 10.1. The average molecular weight is 455 g/mol. The molecule has 9 nitrogen and oxygen atoms in total. The minimum atomic E-state index is -3.78. The van der Waals surface area contributed by atoms with Crippen molar-refractivity contribution < 1.29 is 13.2 Å². The van der Waals surface area contributed by atoms with Crippen LogP contribution >= 0.6 is 11.3 Å². The molecule has 0 unspecified atom stereocenters. The molecule has 3 aromatic rings. The van der Waals surface area contributed by atoms with Crippen molar-refractivity contribution in [2.45, 2.75) is 24.8 Å². The smallest absolute Gasteiger partial charge is 0.269 e. The summed E-state index contributed by atoms with van der Waals surface area (Å²) in [6, 6.07) is 12.7. The Morgan fingerprint density at radius 3 is 2.39 bits per heavy atom. The maximum atomic E-state index is 12.8. The number of aryl methyl sites for hydroxylation is 1. The lowest BCUT2D eigenvalue weighted by Crippen LogP contribution is -2.29. The number of anilines is 1. The van der Waals surface area contributed by atoms with Gasteiger partial charge in [0.1, 0.15) is 0 Å². The molecule has 1 aliphatic rings. The summed E-state index contributed by atoms with van der Waals surface area (Å²) in [6.45, 7) is 3.71. The first-order valence-electron chi connectivity index (χ1n) is 9.18. The van der Waals surface area contributed by atoms with Crippen LogP contribution in [0.1, 0.15) is 12.5 Å². The van der Waals surface area contributed by atoms with Crippen molar-refractivity contribution in [3.63, 3.8) is 0 Å². The van der Waals surface area contributed by atoms with Gasteiger partial charge in [-0.3, -0.25) is 4.79 Å². The quantitative estimate of drug-likeness (QED) is 0.590. The molecule has 0 spiro atoms. The largest absolute Gasteiger partial charge is 0.282 e. The maximum absolute atomic E-state index is 12.8. The van der Waals surface area contributed by atoms with E-state index in [1.54, 1.807) is 6.92 Å². The van der Waals surface area contributed by atoms with E-state index in [0.717, 1.165) is 16.8 Å². The number of rotatable bonds is 5. The Bertz CT molecular complexity index is 1300. The fourth-order valence-corrected chi connectivity index (χ4v) is 4.17. The first kappa shape index (κ1) is 21.0. The van der Waals surface area contributed by atoms with Gasteiger partial charge in [0, 0.05) is 10.9 Å². The number of hydrogen-bond donors (Lipinski definition) is 1. The lowest BCUT2D eigenvalue weighted by Gasteiger charge is -2.08. The Hall–Kier alpha value is -3.28. The number of aromatic nitrogens is 1. The van der Waals surface area contributed by atoms with E-state index >= 15 is 0 Å². The number of hydrogen-bond acceptors (Lipinski definition) is 8. The van der Waals surface area contributed by atoms with Crippen LogP contribution in [0.2, 0.25) is 0 Å². The number of thiazole rings is 1. The summed E-state index contributed by atoms with van der Waals surface area (Å²) in [6.07, 6.45) is 0. The van der Waals surface area contributed by atoms with Gasteiger partial charge < -0.3 is 0 Å². The zero-order valence-electron chi connectivity index (χ0n) is 16.6. The molecule has 2 aromatic carbocycles. The van der Waals surface area contributed by atoms with Gasteiger partial charge in [-0.25, -0.2) is 18.5 Å². The van der Waals surface area contributed by atoms with E-state index in [1.165, 1.54) is 40.6 Å². The summed E-state index contributed by atoms with van der Waals surface area (Å²) >= 11 is 1.32. The standard InChI is InChI=1S/C20H18N6O3S2/c1-12-3-5-14(6-4-12)17-11-30-20(22-17)26-19(27)18(13(2)25-26)24-23-15-7-9-16(10-8-15)31(21,28)29/h3-11,18H,1-2H3,(H2,21,28,29)/t18-/m0/s1. The fraction of sp³-hybridized carbons (Fsp3) is 0.150. The zero-order valence-corrected chi connectivity index (χ0v) is 18.3. The molecular weight excluding hydrogens is 436 g/mol. The van der Waals surface area contributed by atoms with Gasteiger partial charge in [-0.2, -0.15) is 20.3 Å². The molecule has 31 heavy (non-hydrogen) atoms. The number of azo groups is 1. The van der Waals surface area contributed by atoms with E-state index in [-0.39, 0.29) is 10.8 Å². The van der Waals surface area contributed by atoms with E-state index in [9.17, 15) is 13.2 Å². The van der Waals surface area contributed by atoms with Crippen LogP contribution in [0.3, 0.4) is 0 Å². The molecule has 11 heteroatoms. The maximum Gasteiger partial charge on any atom is 0.282 e. The third kappa shape index (κ3) is 4.43. The molecule has 0 saturated carbocycles. The Kier molecular flexibility index (Phi) is 5.48. The third-order valence-corrected chi connectivity index (χ3v) is 6.32. The van der Waals surface area contributed by atoms with Crippen molar-refractivity contribution in [2.24, 2.45) is 20.5 Å². The first-order chi connectivity index (χ1) is 14.7. The molecule has 158 valence electrons. The predicted molar refractivity (Wildman–Crippen MR) is 119 cm³/mol. The molecule has 4 rings (SSSR count). The Morgan fingerprint density at radius 2 is 1.74 bits per heavy atom. The highest BCUT2D eigenvalue weighted by Gasteiger charge is 2.36. The van der Waals surface area contributed by atoms with Crippen molar-refractivity contribution >= 4 is 43.8 Å². The van der Waals surface area contributed by atoms with Gasteiger partial charge in [0.25, 0.3) is 5.91 Å². The van der Waals surface area contributed by atoms with Crippen molar-refractivity contribution in [3.05, 3.63) is 59.5 Å². The van der Waals surface area contributed by atoms with E-state index in [2.05, 4.69) is 20.3 Å². The van der Waals surface area contributed by atoms with Gasteiger partial charge in [0.2, 0.25) is 15.2 Å². The number of benzene rings is 2. The number of nitrogens with two attached hydrogens (primary N) is 1. The highest BCUT2D eigenvalue weighted by Crippen LogP contribution is 2.31. The van der Waals surface area contributed by atoms with E-state index < -0.39 is 16.1 Å². The number of hydrazone groups is 1. The van der Waals surface area contributed by atoms with Crippen LogP contribution in [0.15, 0.2) is 74.1 Å². The number of sulfonamides is 1. The Morgan fingerprint density at radius 1 is 1.06 bits per heavy atom. The summed E-state index contributed by atoms with van der Waals surface area (Å²) in [5.74, 6) is -0.354. The zero-order chi connectivity index (χ0) is 22.2. The minimum Gasteiger partial charge on any atom is -0.269 e. The van der Waals surface area contributed by atoms with Gasteiger partial charge in [-0.05, 0) is 38.1 Å². The molecule has 2 heterocycles. The predicted octanol–water partition coefficient (Wildman–Crippen LogP) is 3.64. The molecule has 0 fully saturated rings. The summed E-state index contributed by atoms with van der Waals surface area (Å²) in [5.41, 5.74) is 3.76. The molecule has 0 radical (unpaired) electrons. The van der Waals surface area contributed by atoms with Crippen LogP contribution in [0.4, 0.5) is 10.8 Å². The van der Waals surface area contributed by atoms with Crippen LogP contribution in [0.5, 0.6) is 0 Å². The molecule has 1 aliphatic heterocycles. The van der Waals surface area contributed by atoms with E-state index in [0.29, 0.717) is 16.5 Å². The number of carbonyl (C=O) groups is 1. The molecule has 1 atom stereocenters. The molecule has 0 saturated heterocycles. The van der Waals surface area contributed by atoms with Crippen LogP contribution in [-0.4, -0.2) is 31.1 Å². The number of amides is 1. The average Bonchev–Trinajstić information content (AvgIpc) is 3.32. The number of nitrogens with zero attached hydrogens (tertiary/aromatic N) is 5. The lowest BCUT2D eigenvalue weighted by molar-refractivity contribution is -0.117. The molecule has 2 N–H and O–H groups in total. The Labute approximate surface area is 183 Å². The molecule has 0 aliphatic carbocycles. The van der Waals surface area contributed by atoms with Gasteiger partial charge in [-0.1, -0.05) is 29.8 Å². The topological polar surface area (TPSA) is 130 Å². The molecule has 0 bridgehead atoms. The second-order valence-electron chi connectivity index (χ2n) is 6.93. The highest BCUT2D eigenvalue weighted by atomic mass is 32.2. The second kappa shape index (κ2) is 8.10. The summed E-state index contributed by atoms with van der Waals surface area (Å²) in [5, 5.41) is 21.1. The molecule has 1 amide bonds. The summed E-state index contributed by atoms with van der Waals surface area (Å²) in [7, 11) is -3.78. The second-order valence-corrected chi connectivity index (χ2v) is 9.33. The van der Waals surface area contributed by atoms with Gasteiger partial charge >= 0.3 is 0 Å². The first-order valence-corrected chi connectivity index (χ1v) is 11.6. The highest BCUT2D eigenvalue weighted by molar-refractivity contribution is 7.89. The van der Waals surface area contributed by atoms with Crippen LogP contribution in [0.25, 0.3) is 11.3 Å². The van der Waals surface area contributed by atoms with Gasteiger partial charge in [0.05, 0.1) is 22.0 Å². The van der Waals surface area contributed by atoms with E-state index in [1.807, 2.05) is 36.6 Å². The van der Waals surface area contributed by atoms with Crippen molar-refractivity contribution in [2.75, 3.05) is 5.01 Å². The van der Waals surface area contributed by atoms with Crippen LogP contribution < -0.4 is 10.1 Å². The SMILES string of the molecule is CC1=NN(c2nc(-c3ccc(C)cc3)cs2)C(=O)[C@H]1N=Nc1ccc(S(N)(=O)=O)cc1. The molecule has 1 aromatic heterocycles. The normalized spacial score (nSPS) is 16.9. The number of primary sulfonamides is 1. The van der Waals surface area contributed by atoms with Crippen molar-refractivity contribution in [3.8, 4) is 11.3 Å². The van der Waals surface area contributed by atoms with Gasteiger partial charge in [0.15, 0.2) is 6.04 Å². The summed E-state index contributed by atoms with van der Waals surface area (Å²) in [4.78, 5) is 17.4. The molecular formula is C20H18N6O3S2. The van der Waals surface area contributed by atoms with Crippen LogP contribution in [-0.2, 0) is 14.8 Å². The third-order valence-electron chi connectivity index (χ3n) is 4.57. The number of carbonyl (C=O) groups excluding carboxylic acids is 1. The van der Waals surface area contributed by atoms with E-state index in [4.69, 9.17) is 5.14 Å². The Balaban J connectivity index is 1.51. The van der Waals surface area contributed by atoms with Gasteiger partial charge in [-0.15, -0.1) is 11.3 Å². The van der Waals surface area contributed by atoms with Crippen molar-refractivity contribution in [1.82, 2.24) is 4.98 Å². The summed E-state index contributed by atoms with van der Waals surface area (Å²) < 4.78 is 22.7. The monoisotopic (exact) mass is 454 g/mol. The van der Waals surface area contributed by atoms with Crippen LogP contribution in [0, 0.1) is 6.92 Å². The fourth-order valence-electron chi connectivity index (χ4n) is 2.87. The minimum absolute atomic E-state index is 0.0274. The van der Waals surface area contributed by atoms with Crippen molar-refractivity contribution in [1.29, 1.82) is 0 Å².